The number of rotatable bonds is 10. The van der Waals surface area contributed by atoms with Crippen molar-refractivity contribution in [2.45, 2.75) is 18.4 Å². The Morgan fingerprint density at radius 2 is 1.54 bits per heavy atom. The van der Waals surface area contributed by atoms with Crippen molar-refractivity contribution in [1.82, 2.24) is 9.80 Å². The maximum Gasteiger partial charge on any atom is 0.261 e. The minimum atomic E-state index is -3.77. The van der Waals surface area contributed by atoms with Gasteiger partial charge in [-0.05, 0) is 73.2 Å². The molecule has 2 aliphatic heterocycles. The number of amides is 1. The van der Waals surface area contributed by atoms with Crippen LogP contribution in [0.5, 0.6) is 23.0 Å². The molecule has 0 spiro atoms. The van der Waals surface area contributed by atoms with Gasteiger partial charge in [0.05, 0.1) is 11.5 Å². The predicted octanol–water partition coefficient (Wildman–Crippen LogP) is 3.34. The Balaban J connectivity index is 1.07. The number of sulfonamides is 1. The molecule has 1 amide bonds. The number of fused-ring (bicyclic) bond motifs is 1. The fourth-order valence-corrected chi connectivity index (χ4v) is 5.46. The molecule has 3 aromatic carbocycles. The van der Waals surface area contributed by atoms with Gasteiger partial charge >= 0.3 is 0 Å². The molecule has 0 aliphatic carbocycles. The highest BCUT2D eigenvalue weighted by molar-refractivity contribution is 7.92. The van der Waals surface area contributed by atoms with Gasteiger partial charge in [0, 0.05) is 38.4 Å². The van der Waals surface area contributed by atoms with Crippen molar-refractivity contribution in [1.29, 1.82) is 0 Å². The molecule has 39 heavy (non-hydrogen) atoms. The largest absolute Gasteiger partial charge is 0.494 e. The van der Waals surface area contributed by atoms with E-state index in [9.17, 15) is 13.2 Å². The maximum absolute atomic E-state index is 12.7. The minimum absolute atomic E-state index is 0.0913. The fourth-order valence-electron chi connectivity index (χ4n) is 4.40. The minimum Gasteiger partial charge on any atom is -0.494 e. The van der Waals surface area contributed by atoms with Gasteiger partial charge < -0.3 is 23.8 Å². The second kappa shape index (κ2) is 11.8. The Morgan fingerprint density at radius 1 is 0.872 bits per heavy atom. The topological polar surface area (TPSA) is 107 Å². The van der Waals surface area contributed by atoms with Crippen molar-refractivity contribution < 1.29 is 32.2 Å². The summed E-state index contributed by atoms with van der Waals surface area (Å²) in [6, 6.07) is 18.6. The Morgan fingerprint density at radius 3 is 2.26 bits per heavy atom. The monoisotopic (exact) mass is 553 g/mol. The summed E-state index contributed by atoms with van der Waals surface area (Å²) in [6.45, 7) is 6.07. The molecular formula is C28H31N3O7S. The molecule has 0 saturated carbocycles. The number of benzene rings is 3. The molecule has 0 radical (unpaired) electrons. The third-order valence-corrected chi connectivity index (χ3v) is 7.88. The Hall–Kier alpha value is -3.96. The molecule has 2 heterocycles. The first-order chi connectivity index (χ1) is 18.9. The van der Waals surface area contributed by atoms with Crippen molar-refractivity contribution in [2.75, 3.05) is 50.9 Å². The van der Waals surface area contributed by atoms with E-state index in [4.69, 9.17) is 18.9 Å². The number of anilines is 1. The van der Waals surface area contributed by atoms with Crippen LogP contribution in [0.3, 0.4) is 0 Å². The van der Waals surface area contributed by atoms with Crippen molar-refractivity contribution in [3.05, 3.63) is 72.3 Å². The number of hydrogen-bond acceptors (Lipinski definition) is 8. The maximum atomic E-state index is 12.7. The molecule has 0 unspecified atom stereocenters. The lowest BCUT2D eigenvalue weighted by atomic mass is 10.1. The third kappa shape index (κ3) is 6.73. The summed E-state index contributed by atoms with van der Waals surface area (Å²) in [4.78, 5) is 16.9. The molecule has 10 nitrogen and oxygen atoms in total. The summed E-state index contributed by atoms with van der Waals surface area (Å²) in [6.07, 6.45) is 0. The summed E-state index contributed by atoms with van der Waals surface area (Å²) in [5, 5.41) is 0. The predicted molar refractivity (Wildman–Crippen MR) is 145 cm³/mol. The van der Waals surface area contributed by atoms with E-state index in [1.165, 1.54) is 12.1 Å². The Bertz CT molecular complexity index is 1390. The number of carbonyl (C=O) groups is 1. The van der Waals surface area contributed by atoms with Gasteiger partial charge in [0.25, 0.3) is 15.9 Å². The summed E-state index contributed by atoms with van der Waals surface area (Å²) in [5.41, 5.74) is 1.57. The van der Waals surface area contributed by atoms with Crippen LogP contribution >= 0.6 is 0 Å². The van der Waals surface area contributed by atoms with Crippen molar-refractivity contribution >= 4 is 21.6 Å². The lowest BCUT2D eigenvalue weighted by Crippen LogP contribution is -2.49. The molecule has 1 saturated heterocycles. The summed E-state index contributed by atoms with van der Waals surface area (Å²) in [7, 11) is -3.77. The molecule has 0 atom stereocenters. The summed E-state index contributed by atoms with van der Waals surface area (Å²) in [5.74, 6) is 2.52. The van der Waals surface area contributed by atoms with E-state index < -0.39 is 10.0 Å². The van der Waals surface area contributed by atoms with Gasteiger partial charge in [0.1, 0.15) is 11.5 Å². The summed E-state index contributed by atoms with van der Waals surface area (Å²) >= 11 is 0. The zero-order chi connectivity index (χ0) is 27.2. The van der Waals surface area contributed by atoms with Crippen LogP contribution in [0.15, 0.2) is 71.6 Å². The quantitative estimate of drug-likeness (QED) is 0.408. The van der Waals surface area contributed by atoms with Crippen LogP contribution in [-0.2, 0) is 21.4 Å². The molecular weight excluding hydrogens is 522 g/mol. The van der Waals surface area contributed by atoms with E-state index in [0.717, 1.165) is 36.7 Å². The average Bonchev–Trinajstić information content (AvgIpc) is 3.41. The molecule has 2 aliphatic rings. The Labute approximate surface area is 228 Å². The lowest BCUT2D eigenvalue weighted by Gasteiger charge is -2.34. The molecule has 206 valence electrons. The zero-order valence-electron chi connectivity index (χ0n) is 21.7. The van der Waals surface area contributed by atoms with Crippen LogP contribution in [0.25, 0.3) is 0 Å². The van der Waals surface area contributed by atoms with E-state index in [2.05, 4.69) is 9.62 Å². The molecule has 0 bridgehead atoms. The van der Waals surface area contributed by atoms with Crippen LogP contribution in [0.1, 0.15) is 12.5 Å². The third-order valence-electron chi connectivity index (χ3n) is 6.48. The highest BCUT2D eigenvalue weighted by atomic mass is 32.2. The van der Waals surface area contributed by atoms with Gasteiger partial charge in [-0.25, -0.2) is 8.42 Å². The molecule has 11 heteroatoms. The van der Waals surface area contributed by atoms with Gasteiger partial charge in [0.15, 0.2) is 18.1 Å². The smallest absolute Gasteiger partial charge is 0.261 e. The van der Waals surface area contributed by atoms with Crippen LogP contribution in [0.2, 0.25) is 0 Å². The van der Waals surface area contributed by atoms with E-state index in [0.29, 0.717) is 36.9 Å². The second-order valence-corrected chi connectivity index (χ2v) is 10.8. The first-order valence-electron chi connectivity index (χ1n) is 12.8. The average molecular weight is 554 g/mol. The number of nitrogens with one attached hydrogen (secondary N) is 1. The van der Waals surface area contributed by atoms with Gasteiger partial charge in [-0.15, -0.1) is 0 Å². The SMILES string of the molecule is CCOc1ccc(NS(=O)(=O)c2ccc(OCC(=O)N3CCN(Cc4ccc5c(c4)OCO5)CC3)cc2)cc1. The van der Waals surface area contributed by atoms with E-state index in [1.807, 2.05) is 25.1 Å². The van der Waals surface area contributed by atoms with Gasteiger partial charge in [-0.2, -0.15) is 0 Å². The van der Waals surface area contributed by atoms with E-state index in [-0.39, 0.29) is 24.2 Å². The second-order valence-electron chi connectivity index (χ2n) is 9.17. The van der Waals surface area contributed by atoms with Crippen LogP contribution < -0.4 is 23.7 Å². The number of nitrogens with zero attached hydrogens (tertiary/aromatic N) is 2. The highest BCUT2D eigenvalue weighted by Crippen LogP contribution is 2.33. The standard InChI is InChI=1S/C28H31N3O7S/c1-2-35-23-6-4-22(5-7-23)29-39(33,34)25-10-8-24(9-11-25)36-19-28(32)31-15-13-30(14-16-31)18-21-3-12-26-27(17-21)38-20-37-26/h3-12,17,29H,2,13-16,18-20H2,1H3. The van der Waals surface area contributed by atoms with Crippen LogP contribution in [0, 0.1) is 0 Å². The van der Waals surface area contributed by atoms with Crippen molar-refractivity contribution in [2.24, 2.45) is 0 Å². The van der Waals surface area contributed by atoms with Crippen molar-refractivity contribution in [3.63, 3.8) is 0 Å². The number of hydrogen-bond donors (Lipinski definition) is 1. The molecule has 0 aromatic heterocycles. The first-order valence-corrected chi connectivity index (χ1v) is 14.2. The first kappa shape index (κ1) is 26.6. The molecule has 1 fully saturated rings. The normalized spacial score (nSPS) is 15.2. The molecule has 3 aromatic rings. The van der Waals surface area contributed by atoms with Crippen molar-refractivity contribution in [3.8, 4) is 23.0 Å². The fraction of sp³-hybridized carbons (Fsp3) is 0.321. The Kier molecular flexibility index (Phi) is 8.08. The number of ether oxygens (including phenoxy) is 4. The van der Waals surface area contributed by atoms with Gasteiger partial charge in [0.2, 0.25) is 6.79 Å². The zero-order valence-corrected chi connectivity index (χ0v) is 22.5. The lowest BCUT2D eigenvalue weighted by molar-refractivity contribution is -0.135. The van der Waals surface area contributed by atoms with Crippen LogP contribution in [-0.4, -0.2) is 70.3 Å². The van der Waals surface area contributed by atoms with E-state index >= 15 is 0 Å². The van der Waals surface area contributed by atoms with Crippen LogP contribution in [0.4, 0.5) is 5.69 Å². The molecule has 5 rings (SSSR count). The number of piperazine rings is 1. The molecule has 1 N–H and O–H groups in total. The number of carbonyl (C=O) groups excluding carboxylic acids is 1. The van der Waals surface area contributed by atoms with E-state index in [1.54, 1.807) is 41.3 Å². The van der Waals surface area contributed by atoms with Gasteiger partial charge in [-0.3, -0.25) is 14.4 Å². The van der Waals surface area contributed by atoms with Gasteiger partial charge in [-0.1, -0.05) is 6.07 Å². The summed E-state index contributed by atoms with van der Waals surface area (Å²) < 4.78 is 49.8. The highest BCUT2D eigenvalue weighted by Gasteiger charge is 2.22.